The molecule has 0 unspecified atom stereocenters. The van der Waals surface area contributed by atoms with Crippen LogP contribution in [0.5, 0.6) is 0 Å². The Bertz CT molecular complexity index is 758. The molecule has 0 bridgehead atoms. The minimum Gasteiger partial charge on any atom is -0.330 e. The van der Waals surface area contributed by atoms with E-state index >= 15 is 0 Å². The molecular formula is C10H9FN4O4S. The molecule has 1 aromatic carbocycles. The maximum absolute atomic E-state index is 13.5. The number of anilines is 1. The van der Waals surface area contributed by atoms with Crippen LogP contribution in [0.15, 0.2) is 29.4 Å². The Kier molecular flexibility index (Phi) is 3.40. The van der Waals surface area contributed by atoms with Crippen LogP contribution in [-0.4, -0.2) is 23.3 Å². The van der Waals surface area contributed by atoms with Crippen LogP contribution < -0.4 is 4.72 Å². The molecule has 2 rings (SSSR count). The van der Waals surface area contributed by atoms with Crippen molar-refractivity contribution < 1.29 is 17.7 Å². The Labute approximate surface area is 112 Å². The number of H-pyrrole nitrogens is 1. The lowest BCUT2D eigenvalue weighted by Gasteiger charge is -2.07. The van der Waals surface area contributed by atoms with Gasteiger partial charge in [0.15, 0.2) is 0 Å². The van der Waals surface area contributed by atoms with Crippen molar-refractivity contribution in [3.63, 3.8) is 0 Å². The van der Waals surface area contributed by atoms with Gasteiger partial charge in [0.2, 0.25) is 11.8 Å². The Hall–Kier alpha value is -2.49. The Morgan fingerprint density at radius 1 is 1.45 bits per heavy atom. The van der Waals surface area contributed by atoms with Gasteiger partial charge in [0, 0.05) is 18.5 Å². The molecule has 0 saturated carbocycles. The predicted octanol–water partition coefficient (Wildman–Crippen LogP) is 1.57. The lowest BCUT2D eigenvalue weighted by molar-refractivity contribution is -0.387. The normalized spacial score (nSPS) is 11.3. The molecule has 0 atom stereocenters. The van der Waals surface area contributed by atoms with Crippen molar-refractivity contribution in [1.82, 2.24) is 9.97 Å². The highest BCUT2D eigenvalue weighted by Gasteiger charge is 2.24. The third kappa shape index (κ3) is 2.59. The van der Waals surface area contributed by atoms with Crippen LogP contribution in [-0.2, 0) is 10.0 Å². The number of nitro groups is 1. The lowest BCUT2D eigenvalue weighted by atomic mass is 10.2. The maximum Gasteiger partial charge on any atom is 0.306 e. The van der Waals surface area contributed by atoms with Crippen molar-refractivity contribution in [2.75, 3.05) is 4.72 Å². The highest BCUT2D eigenvalue weighted by atomic mass is 32.2. The zero-order chi connectivity index (χ0) is 14.9. The number of aryl methyl sites for hydroxylation is 1. The summed E-state index contributed by atoms with van der Waals surface area (Å²) in [6, 6.07) is 1.67. The minimum absolute atomic E-state index is 0.0466. The van der Waals surface area contributed by atoms with Gasteiger partial charge in [-0.05, 0) is 18.6 Å². The number of nitrogens with zero attached hydrogens (tertiary/aromatic N) is 2. The highest BCUT2D eigenvalue weighted by molar-refractivity contribution is 7.92. The summed E-state index contributed by atoms with van der Waals surface area (Å²) in [7, 11) is -4.09. The molecule has 106 valence electrons. The van der Waals surface area contributed by atoms with Gasteiger partial charge >= 0.3 is 5.69 Å². The van der Waals surface area contributed by atoms with E-state index in [0.29, 0.717) is 6.07 Å². The molecule has 1 heterocycles. The fourth-order valence-electron chi connectivity index (χ4n) is 1.51. The third-order valence-electron chi connectivity index (χ3n) is 2.45. The highest BCUT2D eigenvalue weighted by Crippen LogP contribution is 2.25. The van der Waals surface area contributed by atoms with Gasteiger partial charge < -0.3 is 4.98 Å². The molecule has 0 fully saturated rings. The second-order valence-electron chi connectivity index (χ2n) is 3.87. The zero-order valence-electron chi connectivity index (χ0n) is 10.1. The fourth-order valence-corrected chi connectivity index (χ4v) is 2.60. The molecule has 0 aliphatic heterocycles. The SMILES string of the molecule is Cc1cc(S(=O)(=O)Nc2ncc[nH]2)cc([N+](=O)[O-])c1F. The van der Waals surface area contributed by atoms with Gasteiger partial charge in [-0.25, -0.2) is 18.1 Å². The number of nitro benzene ring substituents is 1. The summed E-state index contributed by atoms with van der Waals surface area (Å²) in [5.74, 6) is -1.11. The van der Waals surface area contributed by atoms with Crippen LogP contribution in [0.2, 0.25) is 0 Å². The van der Waals surface area contributed by atoms with E-state index in [4.69, 9.17) is 0 Å². The first kappa shape index (κ1) is 13.9. The van der Waals surface area contributed by atoms with E-state index in [1.54, 1.807) is 0 Å². The lowest BCUT2D eigenvalue weighted by Crippen LogP contribution is -2.15. The summed E-state index contributed by atoms with van der Waals surface area (Å²) in [5.41, 5.74) is -1.04. The molecule has 0 radical (unpaired) electrons. The van der Waals surface area contributed by atoms with Crippen molar-refractivity contribution >= 4 is 21.7 Å². The van der Waals surface area contributed by atoms with Crippen LogP contribution in [0, 0.1) is 22.9 Å². The largest absolute Gasteiger partial charge is 0.330 e. The van der Waals surface area contributed by atoms with Crippen LogP contribution >= 0.6 is 0 Å². The van der Waals surface area contributed by atoms with Crippen molar-refractivity contribution in [3.05, 3.63) is 46.0 Å². The van der Waals surface area contributed by atoms with E-state index in [2.05, 4.69) is 14.7 Å². The van der Waals surface area contributed by atoms with Crippen molar-refractivity contribution in [2.45, 2.75) is 11.8 Å². The fraction of sp³-hybridized carbons (Fsp3) is 0.100. The zero-order valence-corrected chi connectivity index (χ0v) is 10.9. The molecule has 0 spiro atoms. The topological polar surface area (TPSA) is 118 Å². The summed E-state index contributed by atoms with van der Waals surface area (Å²) in [6.07, 6.45) is 2.73. The van der Waals surface area contributed by atoms with E-state index < -0.39 is 31.3 Å². The molecule has 0 aliphatic rings. The number of aromatic amines is 1. The van der Waals surface area contributed by atoms with E-state index in [9.17, 15) is 22.9 Å². The molecule has 2 aromatic rings. The summed E-state index contributed by atoms with van der Waals surface area (Å²) in [4.78, 5) is 15.5. The number of benzene rings is 1. The number of nitrogens with one attached hydrogen (secondary N) is 2. The molecule has 10 heteroatoms. The summed E-state index contributed by atoms with van der Waals surface area (Å²) >= 11 is 0. The predicted molar refractivity (Wildman–Crippen MR) is 67.2 cm³/mol. The van der Waals surface area contributed by atoms with Crippen LogP contribution in [0.1, 0.15) is 5.56 Å². The quantitative estimate of drug-likeness (QED) is 0.656. The van der Waals surface area contributed by atoms with Crippen molar-refractivity contribution in [3.8, 4) is 0 Å². The second kappa shape index (κ2) is 4.89. The first-order chi connectivity index (χ1) is 9.31. The number of hydrogen-bond acceptors (Lipinski definition) is 5. The van der Waals surface area contributed by atoms with E-state index in [1.165, 1.54) is 19.3 Å². The Morgan fingerprint density at radius 2 is 2.15 bits per heavy atom. The molecule has 2 N–H and O–H groups in total. The standard InChI is InChI=1S/C10H9FN4O4S/c1-6-4-7(5-8(9(6)11)15(16)17)20(18,19)14-10-12-2-3-13-10/h2-5H,1H3,(H2,12,13,14). The van der Waals surface area contributed by atoms with Gasteiger partial charge in [-0.3, -0.25) is 10.1 Å². The van der Waals surface area contributed by atoms with E-state index in [-0.39, 0.29) is 11.5 Å². The summed E-state index contributed by atoms with van der Waals surface area (Å²) < 4.78 is 39.7. The summed E-state index contributed by atoms with van der Waals surface area (Å²) in [5, 5.41) is 10.7. The van der Waals surface area contributed by atoms with Gasteiger partial charge in [0.25, 0.3) is 10.0 Å². The van der Waals surface area contributed by atoms with Crippen molar-refractivity contribution in [2.24, 2.45) is 0 Å². The molecule has 8 nitrogen and oxygen atoms in total. The number of aromatic nitrogens is 2. The molecular weight excluding hydrogens is 291 g/mol. The number of halogens is 1. The Balaban J connectivity index is 2.49. The number of sulfonamides is 1. The van der Waals surface area contributed by atoms with Crippen LogP contribution in [0.4, 0.5) is 16.0 Å². The molecule has 0 aliphatic carbocycles. The van der Waals surface area contributed by atoms with Gasteiger partial charge in [0.1, 0.15) is 0 Å². The van der Waals surface area contributed by atoms with Crippen LogP contribution in [0.3, 0.4) is 0 Å². The second-order valence-corrected chi connectivity index (χ2v) is 5.56. The monoisotopic (exact) mass is 300 g/mol. The van der Waals surface area contributed by atoms with Gasteiger partial charge in [0.05, 0.1) is 9.82 Å². The van der Waals surface area contributed by atoms with E-state index in [0.717, 1.165) is 6.07 Å². The first-order valence-corrected chi connectivity index (χ1v) is 6.76. The molecule has 1 aromatic heterocycles. The molecule has 0 saturated heterocycles. The number of hydrogen-bond donors (Lipinski definition) is 2. The smallest absolute Gasteiger partial charge is 0.306 e. The first-order valence-electron chi connectivity index (χ1n) is 5.28. The van der Waals surface area contributed by atoms with Crippen molar-refractivity contribution in [1.29, 1.82) is 0 Å². The van der Waals surface area contributed by atoms with Gasteiger partial charge in [-0.2, -0.15) is 4.39 Å². The maximum atomic E-state index is 13.5. The van der Waals surface area contributed by atoms with Crippen LogP contribution in [0.25, 0.3) is 0 Å². The van der Waals surface area contributed by atoms with Gasteiger partial charge in [-0.1, -0.05) is 0 Å². The molecule has 0 amide bonds. The molecule has 20 heavy (non-hydrogen) atoms. The third-order valence-corrected chi connectivity index (χ3v) is 3.76. The average Bonchev–Trinajstić information content (AvgIpc) is 2.83. The van der Waals surface area contributed by atoms with Gasteiger partial charge in [-0.15, -0.1) is 0 Å². The summed E-state index contributed by atoms with van der Waals surface area (Å²) in [6.45, 7) is 1.24. The number of rotatable bonds is 4. The minimum atomic E-state index is -4.09. The average molecular weight is 300 g/mol. The van der Waals surface area contributed by atoms with E-state index in [1.807, 2.05) is 0 Å². The Morgan fingerprint density at radius 3 is 2.70 bits per heavy atom. The number of imidazole rings is 1.